The van der Waals surface area contributed by atoms with Crippen LogP contribution in [0.4, 0.5) is 5.69 Å². The van der Waals surface area contributed by atoms with Gasteiger partial charge in [0.1, 0.15) is 16.9 Å². The first-order valence-electron chi connectivity index (χ1n) is 11.7. The summed E-state index contributed by atoms with van der Waals surface area (Å²) in [5, 5.41) is 0.349. The predicted octanol–water partition coefficient (Wildman–Crippen LogP) is 6.17. The van der Waals surface area contributed by atoms with E-state index in [9.17, 15) is 18.0 Å². The molecular weight excluding hydrogens is 490 g/mol. The Bertz CT molecular complexity index is 1590. The van der Waals surface area contributed by atoms with E-state index in [1.807, 2.05) is 27.7 Å². The molecular formula is C29H29NO6S. The molecule has 0 bridgehead atoms. The first kappa shape index (κ1) is 26.2. The number of carbonyl (C=O) groups excluding carboxylic acids is 2. The van der Waals surface area contributed by atoms with E-state index in [-0.39, 0.29) is 27.1 Å². The lowest BCUT2D eigenvalue weighted by Gasteiger charge is -2.24. The second-order valence-corrected chi connectivity index (χ2v) is 11.7. The first-order chi connectivity index (χ1) is 17.3. The molecule has 192 valence electrons. The fraction of sp³-hybridized carbons (Fsp3) is 0.241. The van der Waals surface area contributed by atoms with Crippen LogP contribution in [0.1, 0.15) is 58.4 Å². The van der Waals surface area contributed by atoms with Crippen LogP contribution in [0.15, 0.2) is 76.0 Å². The van der Waals surface area contributed by atoms with Crippen LogP contribution in [0.2, 0.25) is 0 Å². The van der Waals surface area contributed by atoms with Gasteiger partial charge >= 0.3 is 5.97 Å². The molecule has 0 aliphatic carbocycles. The van der Waals surface area contributed by atoms with Crippen LogP contribution in [-0.2, 0) is 20.2 Å². The molecule has 0 radical (unpaired) electrons. The third-order valence-electron chi connectivity index (χ3n) is 6.21. The molecule has 0 fully saturated rings. The molecule has 7 nitrogen and oxygen atoms in total. The standard InChI is InChI=1S/C29H29NO6S/c1-18-7-9-20(10-8-18)27(31)30(37(33,34)23-14-11-21(12-15-23)29(3,4)5)22-13-16-25-24(17-22)26(19(2)36-25)28(32)35-6/h7-17H,1-6H3. The summed E-state index contributed by atoms with van der Waals surface area (Å²) < 4.78 is 39.3. The predicted molar refractivity (Wildman–Crippen MR) is 143 cm³/mol. The zero-order valence-corrected chi connectivity index (χ0v) is 22.5. The van der Waals surface area contributed by atoms with Crippen LogP contribution in [0.3, 0.4) is 0 Å². The SMILES string of the molecule is COC(=O)c1c(C)oc2ccc(N(C(=O)c3ccc(C)cc3)S(=O)(=O)c3ccc(C(C)(C)C)cc3)cc12. The third-order valence-corrected chi connectivity index (χ3v) is 7.94. The molecule has 4 rings (SSSR count). The number of rotatable bonds is 5. The van der Waals surface area contributed by atoms with Crippen molar-refractivity contribution in [2.75, 3.05) is 11.4 Å². The molecule has 0 unspecified atom stereocenters. The smallest absolute Gasteiger partial charge is 0.342 e. The van der Waals surface area contributed by atoms with Crippen molar-refractivity contribution in [2.45, 2.75) is 44.9 Å². The highest BCUT2D eigenvalue weighted by atomic mass is 32.2. The van der Waals surface area contributed by atoms with Gasteiger partial charge in [0.2, 0.25) is 0 Å². The Balaban J connectivity index is 1.92. The van der Waals surface area contributed by atoms with Crippen molar-refractivity contribution in [1.82, 2.24) is 0 Å². The molecule has 0 aliphatic rings. The molecule has 0 atom stereocenters. The van der Waals surface area contributed by atoms with Crippen molar-refractivity contribution < 1.29 is 27.2 Å². The number of ether oxygens (including phenoxy) is 1. The highest BCUT2D eigenvalue weighted by Crippen LogP contribution is 2.34. The maximum absolute atomic E-state index is 14.0. The average molecular weight is 520 g/mol. The number of methoxy groups -OCH3 is 1. The van der Waals surface area contributed by atoms with Gasteiger partial charge in [-0.2, -0.15) is 4.31 Å². The Hall–Kier alpha value is -3.91. The number of esters is 1. The number of nitrogens with zero attached hydrogens (tertiary/aromatic N) is 1. The molecule has 0 spiro atoms. The van der Waals surface area contributed by atoms with Crippen LogP contribution < -0.4 is 4.31 Å². The van der Waals surface area contributed by atoms with Crippen LogP contribution in [0.25, 0.3) is 11.0 Å². The normalized spacial score (nSPS) is 11.9. The van der Waals surface area contributed by atoms with Gasteiger partial charge in [-0.05, 0) is 67.3 Å². The van der Waals surface area contributed by atoms with Crippen molar-refractivity contribution in [3.63, 3.8) is 0 Å². The van der Waals surface area contributed by atoms with Crippen molar-refractivity contribution in [1.29, 1.82) is 0 Å². The maximum atomic E-state index is 14.0. The van der Waals surface area contributed by atoms with E-state index in [2.05, 4.69) is 0 Å². The number of furan rings is 1. The van der Waals surface area contributed by atoms with Crippen LogP contribution in [-0.4, -0.2) is 27.4 Å². The number of carbonyl (C=O) groups is 2. The second kappa shape index (κ2) is 9.52. The van der Waals surface area contributed by atoms with Gasteiger partial charge in [0.25, 0.3) is 15.9 Å². The van der Waals surface area contributed by atoms with Gasteiger partial charge in [0, 0.05) is 10.9 Å². The van der Waals surface area contributed by atoms with Gasteiger partial charge in [0.15, 0.2) is 0 Å². The van der Waals surface area contributed by atoms with E-state index in [4.69, 9.17) is 9.15 Å². The van der Waals surface area contributed by atoms with E-state index < -0.39 is 21.9 Å². The van der Waals surface area contributed by atoms with E-state index in [1.165, 1.54) is 37.4 Å². The van der Waals surface area contributed by atoms with E-state index >= 15 is 0 Å². The molecule has 0 saturated heterocycles. The van der Waals surface area contributed by atoms with Crippen molar-refractivity contribution >= 4 is 38.6 Å². The number of anilines is 1. The lowest BCUT2D eigenvalue weighted by Crippen LogP contribution is -2.37. The molecule has 0 aliphatic heterocycles. The number of sulfonamides is 1. The lowest BCUT2D eigenvalue weighted by atomic mass is 9.87. The number of aryl methyl sites for hydroxylation is 2. The Kier molecular flexibility index (Phi) is 6.73. The highest BCUT2D eigenvalue weighted by molar-refractivity contribution is 7.93. The Morgan fingerprint density at radius 1 is 0.892 bits per heavy atom. The average Bonchev–Trinajstić information content (AvgIpc) is 3.18. The summed E-state index contributed by atoms with van der Waals surface area (Å²) in [6, 6.07) is 17.7. The minimum absolute atomic E-state index is 0.0300. The highest BCUT2D eigenvalue weighted by Gasteiger charge is 2.33. The summed E-state index contributed by atoms with van der Waals surface area (Å²) in [6.07, 6.45) is 0. The summed E-state index contributed by atoms with van der Waals surface area (Å²) in [6.45, 7) is 9.60. The van der Waals surface area contributed by atoms with Gasteiger partial charge in [-0.15, -0.1) is 0 Å². The van der Waals surface area contributed by atoms with Gasteiger partial charge in [-0.3, -0.25) is 4.79 Å². The van der Waals surface area contributed by atoms with Crippen LogP contribution in [0.5, 0.6) is 0 Å². The molecule has 0 saturated carbocycles. The molecule has 3 aromatic carbocycles. The van der Waals surface area contributed by atoms with Gasteiger partial charge in [-0.25, -0.2) is 13.2 Å². The monoisotopic (exact) mass is 519 g/mol. The molecule has 1 heterocycles. The number of hydrogen-bond donors (Lipinski definition) is 0. The molecule has 37 heavy (non-hydrogen) atoms. The molecule has 1 aromatic heterocycles. The van der Waals surface area contributed by atoms with Crippen molar-refractivity contribution in [3.8, 4) is 0 Å². The third kappa shape index (κ3) is 4.89. The quantitative estimate of drug-likeness (QED) is 0.293. The number of amides is 1. The van der Waals surface area contributed by atoms with Crippen molar-refractivity contribution in [3.05, 3.63) is 94.7 Å². The van der Waals surface area contributed by atoms with Gasteiger partial charge in [-0.1, -0.05) is 50.6 Å². The second-order valence-electron chi connectivity index (χ2n) is 9.92. The van der Waals surface area contributed by atoms with Crippen LogP contribution >= 0.6 is 0 Å². The van der Waals surface area contributed by atoms with E-state index in [0.717, 1.165) is 15.4 Å². The molecule has 1 amide bonds. The molecule has 0 N–H and O–H groups in total. The minimum atomic E-state index is -4.34. The zero-order chi connectivity index (χ0) is 27.1. The Morgan fingerprint density at radius 3 is 2.08 bits per heavy atom. The number of fused-ring (bicyclic) bond motifs is 1. The minimum Gasteiger partial charge on any atom is -0.465 e. The summed E-state index contributed by atoms with van der Waals surface area (Å²) in [4.78, 5) is 26.1. The summed E-state index contributed by atoms with van der Waals surface area (Å²) >= 11 is 0. The lowest BCUT2D eigenvalue weighted by molar-refractivity contribution is 0.0600. The summed E-state index contributed by atoms with van der Waals surface area (Å²) in [5.41, 5.74) is 2.54. The Labute approximate surface area is 216 Å². The maximum Gasteiger partial charge on any atom is 0.342 e. The Morgan fingerprint density at radius 2 is 1.51 bits per heavy atom. The largest absolute Gasteiger partial charge is 0.465 e. The van der Waals surface area contributed by atoms with Crippen molar-refractivity contribution in [2.24, 2.45) is 0 Å². The fourth-order valence-electron chi connectivity index (χ4n) is 4.10. The fourth-order valence-corrected chi connectivity index (χ4v) is 5.51. The van der Waals surface area contributed by atoms with E-state index in [0.29, 0.717) is 16.7 Å². The van der Waals surface area contributed by atoms with Gasteiger partial charge in [0.05, 0.1) is 17.7 Å². The number of hydrogen-bond acceptors (Lipinski definition) is 6. The number of benzene rings is 3. The molecule has 4 aromatic rings. The summed E-state index contributed by atoms with van der Waals surface area (Å²) in [5.74, 6) is -1.01. The molecule has 8 heteroatoms. The first-order valence-corrected chi connectivity index (χ1v) is 13.2. The zero-order valence-electron chi connectivity index (χ0n) is 21.7. The topological polar surface area (TPSA) is 93.9 Å². The summed E-state index contributed by atoms with van der Waals surface area (Å²) in [7, 11) is -3.08. The van der Waals surface area contributed by atoms with Gasteiger partial charge < -0.3 is 9.15 Å². The van der Waals surface area contributed by atoms with Crippen LogP contribution in [0, 0.1) is 13.8 Å². The van der Waals surface area contributed by atoms with E-state index in [1.54, 1.807) is 43.3 Å².